The summed E-state index contributed by atoms with van der Waals surface area (Å²) in [5, 5.41) is 8.45. The minimum Gasteiger partial charge on any atom is -0.478 e. The highest BCUT2D eigenvalue weighted by molar-refractivity contribution is 9.10. The van der Waals surface area contributed by atoms with E-state index >= 15 is 0 Å². The first kappa shape index (κ1) is 8.20. The lowest BCUT2D eigenvalue weighted by molar-refractivity contribution is 0.0696. The van der Waals surface area contributed by atoms with Gasteiger partial charge in [-0.2, -0.15) is 0 Å². The van der Waals surface area contributed by atoms with Gasteiger partial charge in [0.05, 0.1) is 5.56 Å². The van der Waals surface area contributed by atoms with E-state index in [1.54, 1.807) is 0 Å². The van der Waals surface area contributed by atoms with Crippen LogP contribution in [0.2, 0.25) is 0 Å². The van der Waals surface area contributed by atoms with E-state index in [0.29, 0.717) is 4.47 Å². The molecule has 0 unspecified atom stereocenters. The number of benzene rings is 1. The van der Waals surface area contributed by atoms with Crippen LogP contribution in [0, 0.1) is 5.82 Å². The topological polar surface area (TPSA) is 37.3 Å². The Labute approximate surface area is 70.8 Å². The summed E-state index contributed by atoms with van der Waals surface area (Å²) in [7, 11) is 0. The smallest absolute Gasteiger partial charge is 0.335 e. The Hall–Kier alpha value is -0.900. The van der Waals surface area contributed by atoms with Gasteiger partial charge < -0.3 is 5.11 Å². The summed E-state index contributed by atoms with van der Waals surface area (Å²) in [6, 6.07) is 3.50. The van der Waals surface area contributed by atoms with Crippen molar-refractivity contribution in [3.05, 3.63) is 34.1 Å². The van der Waals surface area contributed by atoms with Crippen molar-refractivity contribution in [2.24, 2.45) is 0 Å². The van der Waals surface area contributed by atoms with Crippen LogP contribution in [0.5, 0.6) is 0 Å². The van der Waals surface area contributed by atoms with Crippen LogP contribution in [-0.2, 0) is 0 Å². The number of halogens is 2. The standard InChI is InChI=1S/C7H4BrFO2/c8-5-1-4(7(10)11)2-6(9)3-5/h1-3H,(H,10,11). The average molecular weight is 219 g/mol. The van der Waals surface area contributed by atoms with Gasteiger partial charge in [0.1, 0.15) is 5.82 Å². The lowest BCUT2D eigenvalue weighted by Crippen LogP contribution is -1.96. The van der Waals surface area contributed by atoms with Crippen LogP contribution in [0.15, 0.2) is 22.7 Å². The van der Waals surface area contributed by atoms with E-state index in [4.69, 9.17) is 5.11 Å². The molecule has 0 aliphatic rings. The van der Waals surface area contributed by atoms with E-state index in [-0.39, 0.29) is 5.56 Å². The Balaban J connectivity index is 3.19. The maximum atomic E-state index is 12.5. The van der Waals surface area contributed by atoms with Gasteiger partial charge in [0.15, 0.2) is 0 Å². The molecule has 1 rings (SSSR count). The van der Waals surface area contributed by atoms with Gasteiger partial charge in [-0.3, -0.25) is 0 Å². The van der Waals surface area contributed by atoms with Crippen LogP contribution in [0.25, 0.3) is 0 Å². The van der Waals surface area contributed by atoms with E-state index in [1.165, 1.54) is 12.1 Å². The average Bonchev–Trinajstić information content (AvgIpc) is 1.85. The first-order valence-electron chi connectivity index (χ1n) is 2.79. The van der Waals surface area contributed by atoms with Crippen molar-refractivity contribution in [3.8, 4) is 0 Å². The van der Waals surface area contributed by atoms with Gasteiger partial charge in [-0.1, -0.05) is 15.9 Å². The predicted octanol–water partition coefficient (Wildman–Crippen LogP) is 2.29. The Kier molecular flexibility index (Phi) is 2.24. The predicted molar refractivity (Wildman–Crippen MR) is 41.1 cm³/mol. The molecular formula is C7H4BrFO2. The molecule has 58 valence electrons. The van der Waals surface area contributed by atoms with Gasteiger partial charge in [-0.15, -0.1) is 0 Å². The fraction of sp³-hybridized carbons (Fsp3) is 0. The number of hydrogen-bond acceptors (Lipinski definition) is 1. The van der Waals surface area contributed by atoms with Crippen molar-refractivity contribution in [2.45, 2.75) is 0 Å². The fourth-order valence-electron chi connectivity index (χ4n) is 0.677. The zero-order valence-electron chi connectivity index (χ0n) is 5.34. The molecule has 0 bridgehead atoms. The van der Waals surface area contributed by atoms with Crippen LogP contribution in [0.1, 0.15) is 10.4 Å². The second-order valence-electron chi connectivity index (χ2n) is 1.96. The molecule has 1 N–H and O–H groups in total. The van der Waals surface area contributed by atoms with Crippen molar-refractivity contribution < 1.29 is 14.3 Å². The Morgan fingerprint density at radius 3 is 2.55 bits per heavy atom. The molecule has 0 radical (unpaired) electrons. The molecule has 11 heavy (non-hydrogen) atoms. The number of carboxylic acids is 1. The molecule has 0 spiro atoms. The molecule has 0 saturated heterocycles. The molecule has 0 fully saturated rings. The third-order valence-corrected chi connectivity index (χ3v) is 1.57. The SMILES string of the molecule is O=C(O)c1cc(F)cc(Br)c1. The van der Waals surface area contributed by atoms with Gasteiger partial charge in [0.25, 0.3) is 0 Å². The van der Waals surface area contributed by atoms with Crippen molar-refractivity contribution >= 4 is 21.9 Å². The van der Waals surface area contributed by atoms with E-state index in [2.05, 4.69) is 15.9 Å². The zero-order valence-corrected chi connectivity index (χ0v) is 6.93. The highest BCUT2D eigenvalue weighted by atomic mass is 79.9. The molecule has 0 aliphatic heterocycles. The number of carbonyl (C=O) groups is 1. The molecule has 0 amide bonds. The summed E-state index contributed by atoms with van der Waals surface area (Å²) < 4.78 is 12.9. The number of carboxylic acid groups (broad SMARTS) is 1. The lowest BCUT2D eigenvalue weighted by Gasteiger charge is -1.95. The number of rotatable bonds is 1. The minimum absolute atomic E-state index is 0.0584. The third-order valence-electron chi connectivity index (χ3n) is 1.11. The summed E-state index contributed by atoms with van der Waals surface area (Å²) >= 11 is 2.98. The molecule has 0 aromatic heterocycles. The van der Waals surface area contributed by atoms with Crippen LogP contribution < -0.4 is 0 Å². The van der Waals surface area contributed by atoms with E-state index < -0.39 is 11.8 Å². The molecule has 0 heterocycles. The van der Waals surface area contributed by atoms with Crippen molar-refractivity contribution in [1.82, 2.24) is 0 Å². The molecule has 2 nitrogen and oxygen atoms in total. The van der Waals surface area contributed by atoms with Crippen LogP contribution in [0.3, 0.4) is 0 Å². The van der Waals surface area contributed by atoms with Crippen LogP contribution in [-0.4, -0.2) is 11.1 Å². The van der Waals surface area contributed by atoms with Gasteiger partial charge in [0, 0.05) is 4.47 Å². The van der Waals surface area contributed by atoms with E-state index in [1.807, 2.05) is 0 Å². The quantitative estimate of drug-likeness (QED) is 0.786. The maximum Gasteiger partial charge on any atom is 0.335 e. The van der Waals surface area contributed by atoms with Gasteiger partial charge in [0.2, 0.25) is 0 Å². The van der Waals surface area contributed by atoms with Gasteiger partial charge in [-0.05, 0) is 18.2 Å². The lowest BCUT2D eigenvalue weighted by atomic mass is 10.2. The van der Waals surface area contributed by atoms with Gasteiger partial charge >= 0.3 is 5.97 Å². The van der Waals surface area contributed by atoms with Crippen molar-refractivity contribution in [2.75, 3.05) is 0 Å². The Morgan fingerprint density at radius 2 is 2.09 bits per heavy atom. The summed E-state index contributed by atoms with van der Waals surface area (Å²) in [5.74, 6) is -1.69. The van der Waals surface area contributed by atoms with Crippen molar-refractivity contribution in [3.63, 3.8) is 0 Å². The monoisotopic (exact) mass is 218 g/mol. The molecule has 0 atom stereocenters. The second-order valence-corrected chi connectivity index (χ2v) is 2.88. The maximum absolute atomic E-state index is 12.5. The van der Waals surface area contributed by atoms with Crippen LogP contribution >= 0.6 is 15.9 Å². The fourth-order valence-corrected chi connectivity index (χ4v) is 1.14. The highest BCUT2D eigenvalue weighted by Gasteiger charge is 2.04. The van der Waals surface area contributed by atoms with Gasteiger partial charge in [-0.25, -0.2) is 9.18 Å². The Morgan fingerprint density at radius 1 is 1.45 bits per heavy atom. The summed E-state index contributed by atoms with van der Waals surface area (Å²) in [5.41, 5.74) is -0.0584. The largest absolute Gasteiger partial charge is 0.478 e. The molecule has 0 aliphatic carbocycles. The van der Waals surface area contributed by atoms with E-state index in [9.17, 15) is 9.18 Å². The van der Waals surface area contributed by atoms with Crippen LogP contribution in [0.4, 0.5) is 4.39 Å². The zero-order chi connectivity index (χ0) is 8.43. The minimum atomic E-state index is -1.13. The normalized spacial score (nSPS) is 9.64. The summed E-state index contributed by atoms with van der Waals surface area (Å²) in [6.07, 6.45) is 0. The molecule has 1 aromatic carbocycles. The molecular weight excluding hydrogens is 215 g/mol. The summed E-state index contributed by atoms with van der Waals surface area (Å²) in [6.45, 7) is 0. The molecule has 4 heteroatoms. The first-order valence-corrected chi connectivity index (χ1v) is 3.58. The summed E-state index contributed by atoms with van der Waals surface area (Å²) in [4.78, 5) is 10.3. The number of hydrogen-bond donors (Lipinski definition) is 1. The molecule has 1 aromatic rings. The molecule has 0 saturated carbocycles. The van der Waals surface area contributed by atoms with Crippen molar-refractivity contribution in [1.29, 1.82) is 0 Å². The first-order chi connectivity index (χ1) is 5.09. The number of aromatic carboxylic acids is 1. The van der Waals surface area contributed by atoms with E-state index in [0.717, 1.165) is 6.07 Å². The Bertz CT molecular complexity index is 278. The highest BCUT2D eigenvalue weighted by Crippen LogP contribution is 2.14. The third kappa shape index (κ3) is 2.01. The second kappa shape index (κ2) is 3.00.